The first kappa shape index (κ1) is 13.8. The van der Waals surface area contributed by atoms with Gasteiger partial charge in [-0.3, -0.25) is 0 Å². The van der Waals surface area contributed by atoms with Gasteiger partial charge in [-0.1, -0.05) is 54.6 Å². The van der Waals surface area contributed by atoms with Gasteiger partial charge in [0.1, 0.15) is 0 Å². The van der Waals surface area contributed by atoms with Crippen molar-refractivity contribution in [2.75, 3.05) is 13.7 Å². The summed E-state index contributed by atoms with van der Waals surface area (Å²) in [6, 6.07) is 19.4. The van der Waals surface area contributed by atoms with Crippen LogP contribution >= 0.6 is 0 Å². The van der Waals surface area contributed by atoms with Crippen LogP contribution in [0.1, 0.15) is 24.4 Å². The third-order valence-electron chi connectivity index (χ3n) is 3.42. The van der Waals surface area contributed by atoms with Crippen molar-refractivity contribution >= 4 is 0 Å². The number of benzene rings is 2. The molecule has 0 aliphatic heterocycles. The van der Waals surface area contributed by atoms with Gasteiger partial charge < -0.3 is 10.4 Å². The molecular formula is C17H21NO. The van der Waals surface area contributed by atoms with E-state index in [-0.39, 0.29) is 6.61 Å². The fraction of sp³-hybridized carbons (Fsp3) is 0.294. The van der Waals surface area contributed by atoms with E-state index in [0.717, 1.165) is 12.8 Å². The largest absolute Gasteiger partial charge is 0.396 e. The van der Waals surface area contributed by atoms with Crippen molar-refractivity contribution < 1.29 is 5.11 Å². The molecule has 0 saturated heterocycles. The highest BCUT2D eigenvalue weighted by atomic mass is 16.2. The van der Waals surface area contributed by atoms with Crippen LogP contribution in [0.3, 0.4) is 0 Å². The zero-order valence-electron chi connectivity index (χ0n) is 11.3. The van der Waals surface area contributed by atoms with Crippen LogP contribution in [0.5, 0.6) is 0 Å². The SMILES string of the molecule is CNC(CCCO)c1ccc(-c2ccccc2)cc1. The van der Waals surface area contributed by atoms with E-state index in [1.54, 1.807) is 0 Å². The standard InChI is InChI=1S/C17H21NO/c1-18-17(8-5-13-19)16-11-9-15(10-12-16)14-6-3-2-4-7-14/h2-4,6-7,9-12,17-19H,5,8,13H2,1H3. The fourth-order valence-electron chi connectivity index (χ4n) is 2.31. The Balaban J connectivity index is 2.13. The van der Waals surface area contributed by atoms with E-state index in [0.29, 0.717) is 6.04 Å². The molecular weight excluding hydrogens is 234 g/mol. The normalized spacial score (nSPS) is 12.3. The number of aliphatic hydroxyl groups is 1. The molecule has 2 aromatic rings. The number of nitrogens with one attached hydrogen (secondary N) is 1. The Labute approximate surface area is 115 Å². The van der Waals surface area contributed by atoms with E-state index in [1.807, 2.05) is 13.1 Å². The average Bonchev–Trinajstić information content (AvgIpc) is 2.49. The molecule has 2 nitrogen and oxygen atoms in total. The molecule has 0 fully saturated rings. The molecule has 0 bridgehead atoms. The molecule has 0 radical (unpaired) electrons. The fourth-order valence-corrected chi connectivity index (χ4v) is 2.31. The van der Waals surface area contributed by atoms with Crippen molar-refractivity contribution in [1.29, 1.82) is 0 Å². The first-order valence-electron chi connectivity index (χ1n) is 6.78. The lowest BCUT2D eigenvalue weighted by Gasteiger charge is -2.16. The summed E-state index contributed by atoms with van der Waals surface area (Å²) in [6.45, 7) is 0.250. The molecule has 1 atom stereocenters. The Bertz CT molecular complexity index is 478. The van der Waals surface area contributed by atoms with Gasteiger partial charge in [0, 0.05) is 12.6 Å². The lowest BCUT2D eigenvalue weighted by Crippen LogP contribution is -2.16. The summed E-state index contributed by atoms with van der Waals surface area (Å²) in [5.41, 5.74) is 3.75. The van der Waals surface area contributed by atoms with Gasteiger partial charge in [-0.2, -0.15) is 0 Å². The van der Waals surface area contributed by atoms with E-state index < -0.39 is 0 Å². The molecule has 2 aromatic carbocycles. The van der Waals surface area contributed by atoms with Crippen LogP contribution in [0.25, 0.3) is 11.1 Å². The predicted octanol–water partition coefficient (Wildman–Crippen LogP) is 3.39. The minimum absolute atomic E-state index is 0.250. The zero-order chi connectivity index (χ0) is 13.5. The van der Waals surface area contributed by atoms with Crippen molar-refractivity contribution in [3.8, 4) is 11.1 Å². The Kier molecular flexibility index (Phi) is 5.13. The summed E-state index contributed by atoms with van der Waals surface area (Å²) in [7, 11) is 1.97. The summed E-state index contributed by atoms with van der Waals surface area (Å²) in [4.78, 5) is 0. The van der Waals surface area contributed by atoms with Crippen molar-refractivity contribution in [3.05, 3.63) is 60.2 Å². The molecule has 0 aliphatic rings. The van der Waals surface area contributed by atoms with Gasteiger partial charge in [0.25, 0.3) is 0 Å². The second kappa shape index (κ2) is 7.07. The summed E-state index contributed by atoms with van der Waals surface area (Å²) < 4.78 is 0. The minimum atomic E-state index is 0.250. The lowest BCUT2D eigenvalue weighted by molar-refractivity contribution is 0.276. The topological polar surface area (TPSA) is 32.3 Å². The number of aliphatic hydroxyl groups excluding tert-OH is 1. The first-order valence-corrected chi connectivity index (χ1v) is 6.78. The van der Waals surface area contributed by atoms with Crippen molar-refractivity contribution in [2.24, 2.45) is 0 Å². The van der Waals surface area contributed by atoms with Crippen LogP contribution in [-0.4, -0.2) is 18.8 Å². The zero-order valence-corrected chi connectivity index (χ0v) is 11.3. The quantitative estimate of drug-likeness (QED) is 0.829. The summed E-state index contributed by atoms with van der Waals surface area (Å²) in [5, 5.41) is 12.2. The van der Waals surface area contributed by atoms with Crippen LogP contribution in [0.15, 0.2) is 54.6 Å². The number of hydrogen-bond acceptors (Lipinski definition) is 2. The smallest absolute Gasteiger partial charge is 0.0431 e. The van der Waals surface area contributed by atoms with Gasteiger partial charge in [0.05, 0.1) is 0 Å². The third kappa shape index (κ3) is 3.66. The van der Waals surface area contributed by atoms with Gasteiger partial charge in [-0.25, -0.2) is 0 Å². The molecule has 0 saturated carbocycles. The molecule has 19 heavy (non-hydrogen) atoms. The molecule has 1 unspecified atom stereocenters. The van der Waals surface area contributed by atoms with Gasteiger partial charge >= 0.3 is 0 Å². The van der Waals surface area contributed by atoms with Gasteiger partial charge in [0.15, 0.2) is 0 Å². The highest BCUT2D eigenvalue weighted by Crippen LogP contribution is 2.23. The molecule has 0 aliphatic carbocycles. The lowest BCUT2D eigenvalue weighted by atomic mass is 9.98. The van der Waals surface area contributed by atoms with Crippen LogP contribution < -0.4 is 5.32 Å². The number of hydrogen-bond donors (Lipinski definition) is 2. The molecule has 2 N–H and O–H groups in total. The maximum Gasteiger partial charge on any atom is 0.0431 e. The highest BCUT2D eigenvalue weighted by molar-refractivity contribution is 5.63. The van der Waals surface area contributed by atoms with Crippen molar-refractivity contribution in [2.45, 2.75) is 18.9 Å². The summed E-state index contributed by atoms with van der Waals surface area (Å²) >= 11 is 0. The van der Waals surface area contributed by atoms with Crippen LogP contribution in [0.4, 0.5) is 0 Å². The van der Waals surface area contributed by atoms with Crippen LogP contribution in [-0.2, 0) is 0 Å². The van der Waals surface area contributed by atoms with E-state index in [4.69, 9.17) is 5.11 Å². The summed E-state index contributed by atoms with van der Waals surface area (Å²) in [5.74, 6) is 0. The first-order chi connectivity index (χ1) is 9.35. The number of rotatable bonds is 6. The Morgan fingerprint density at radius 1 is 0.947 bits per heavy atom. The molecule has 2 heteroatoms. The van der Waals surface area contributed by atoms with Gasteiger partial charge in [-0.15, -0.1) is 0 Å². The van der Waals surface area contributed by atoms with E-state index in [2.05, 4.69) is 53.8 Å². The van der Waals surface area contributed by atoms with Gasteiger partial charge in [-0.05, 0) is 36.6 Å². The van der Waals surface area contributed by atoms with Crippen molar-refractivity contribution in [3.63, 3.8) is 0 Å². The maximum atomic E-state index is 8.92. The van der Waals surface area contributed by atoms with Gasteiger partial charge in [0.2, 0.25) is 0 Å². The molecule has 2 rings (SSSR count). The predicted molar refractivity (Wildman–Crippen MR) is 80.0 cm³/mol. The van der Waals surface area contributed by atoms with E-state index in [1.165, 1.54) is 16.7 Å². The monoisotopic (exact) mass is 255 g/mol. The van der Waals surface area contributed by atoms with Crippen LogP contribution in [0.2, 0.25) is 0 Å². The minimum Gasteiger partial charge on any atom is -0.396 e. The highest BCUT2D eigenvalue weighted by Gasteiger charge is 2.08. The second-order valence-electron chi connectivity index (χ2n) is 4.70. The summed E-state index contributed by atoms with van der Waals surface area (Å²) in [6.07, 6.45) is 1.78. The van der Waals surface area contributed by atoms with E-state index in [9.17, 15) is 0 Å². The third-order valence-corrected chi connectivity index (χ3v) is 3.42. The molecule has 100 valence electrons. The maximum absolute atomic E-state index is 8.92. The second-order valence-corrected chi connectivity index (χ2v) is 4.70. The molecule has 0 aromatic heterocycles. The van der Waals surface area contributed by atoms with Crippen molar-refractivity contribution in [1.82, 2.24) is 5.32 Å². The Hall–Kier alpha value is -1.64. The Morgan fingerprint density at radius 2 is 1.58 bits per heavy atom. The molecule has 0 amide bonds. The van der Waals surface area contributed by atoms with Crippen LogP contribution in [0, 0.1) is 0 Å². The average molecular weight is 255 g/mol. The Morgan fingerprint density at radius 3 is 2.16 bits per heavy atom. The molecule has 0 heterocycles. The molecule has 0 spiro atoms. The van der Waals surface area contributed by atoms with E-state index >= 15 is 0 Å².